The average Bonchev–Trinajstić information content (AvgIpc) is 2.91. The van der Waals surface area contributed by atoms with Crippen LogP contribution in [0.3, 0.4) is 0 Å². The number of aliphatic hydroxyl groups is 1. The van der Waals surface area contributed by atoms with E-state index in [-0.39, 0.29) is 12.4 Å². The summed E-state index contributed by atoms with van der Waals surface area (Å²) in [4.78, 5) is 4.53. The Morgan fingerprint density at radius 3 is 2.95 bits per heavy atom. The molecular formula is C16H15FN2OS. The van der Waals surface area contributed by atoms with E-state index in [1.165, 1.54) is 17.4 Å². The van der Waals surface area contributed by atoms with Crippen molar-refractivity contribution in [3.8, 4) is 11.3 Å². The SMILES string of the molecule is Cc1cc(-c2csc3c(F)cccc23)nc(C(N)CO)c1. The van der Waals surface area contributed by atoms with Crippen molar-refractivity contribution in [2.45, 2.75) is 13.0 Å². The first-order chi connectivity index (χ1) is 10.1. The van der Waals surface area contributed by atoms with Crippen LogP contribution in [0.4, 0.5) is 4.39 Å². The normalized spacial score (nSPS) is 12.8. The Morgan fingerprint density at radius 2 is 2.19 bits per heavy atom. The number of aliphatic hydroxyl groups excluding tert-OH is 1. The smallest absolute Gasteiger partial charge is 0.141 e. The molecule has 0 spiro atoms. The minimum atomic E-state index is -0.509. The van der Waals surface area contributed by atoms with Gasteiger partial charge in [-0.15, -0.1) is 11.3 Å². The van der Waals surface area contributed by atoms with E-state index in [0.717, 1.165) is 22.2 Å². The Bertz CT molecular complexity index is 800. The molecule has 0 fully saturated rings. The van der Waals surface area contributed by atoms with E-state index in [2.05, 4.69) is 4.98 Å². The van der Waals surface area contributed by atoms with Crippen LogP contribution in [0, 0.1) is 12.7 Å². The number of rotatable bonds is 3. The van der Waals surface area contributed by atoms with Gasteiger partial charge >= 0.3 is 0 Å². The molecule has 1 atom stereocenters. The lowest BCUT2D eigenvalue weighted by atomic mass is 10.1. The summed E-state index contributed by atoms with van der Waals surface area (Å²) in [5.74, 6) is -0.219. The van der Waals surface area contributed by atoms with Crippen LogP contribution in [0.5, 0.6) is 0 Å². The van der Waals surface area contributed by atoms with Gasteiger partial charge in [0.2, 0.25) is 0 Å². The van der Waals surface area contributed by atoms with E-state index >= 15 is 0 Å². The number of nitrogens with two attached hydrogens (primary N) is 1. The molecule has 0 aliphatic heterocycles. The van der Waals surface area contributed by atoms with Crippen LogP contribution in [0.25, 0.3) is 21.3 Å². The number of benzene rings is 1. The summed E-state index contributed by atoms with van der Waals surface area (Å²) in [6.45, 7) is 1.79. The largest absolute Gasteiger partial charge is 0.394 e. The maximum absolute atomic E-state index is 13.8. The molecule has 0 aliphatic rings. The number of hydrogen-bond donors (Lipinski definition) is 2. The number of aromatic nitrogens is 1. The van der Waals surface area contributed by atoms with Gasteiger partial charge < -0.3 is 10.8 Å². The summed E-state index contributed by atoms with van der Waals surface area (Å²) in [6.07, 6.45) is 0. The first-order valence-electron chi connectivity index (χ1n) is 6.61. The lowest BCUT2D eigenvalue weighted by Gasteiger charge is -2.11. The van der Waals surface area contributed by atoms with Crippen LogP contribution >= 0.6 is 11.3 Å². The molecule has 2 aromatic heterocycles. The second kappa shape index (κ2) is 5.52. The van der Waals surface area contributed by atoms with Crippen molar-refractivity contribution in [1.29, 1.82) is 0 Å². The van der Waals surface area contributed by atoms with Gasteiger partial charge in [0, 0.05) is 16.3 Å². The maximum atomic E-state index is 13.8. The first-order valence-corrected chi connectivity index (χ1v) is 7.49. The monoisotopic (exact) mass is 302 g/mol. The van der Waals surface area contributed by atoms with Gasteiger partial charge in [0.15, 0.2) is 0 Å². The highest BCUT2D eigenvalue weighted by Gasteiger charge is 2.13. The van der Waals surface area contributed by atoms with Crippen LogP contribution in [0.2, 0.25) is 0 Å². The maximum Gasteiger partial charge on any atom is 0.141 e. The van der Waals surface area contributed by atoms with Gasteiger partial charge in [0.05, 0.1) is 28.7 Å². The fourth-order valence-corrected chi connectivity index (χ4v) is 3.31. The predicted octanol–water partition coefficient (Wildman–Crippen LogP) is 3.40. The van der Waals surface area contributed by atoms with Gasteiger partial charge in [-0.1, -0.05) is 12.1 Å². The molecule has 0 saturated heterocycles. The summed E-state index contributed by atoms with van der Waals surface area (Å²) in [5, 5.41) is 12.0. The number of nitrogens with zero attached hydrogens (tertiary/aromatic N) is 1. The minimum Gasteiger partial charge on any atom is -0.394 e. The summed E-state index contributed by atoms with van der Waals surface area (Å²) in [6, 6.07) is 8.34. The summed E-state index contributed by atoms with van der Waals surface area (Å²) in [5.41, 5.74) is 9.15. The van der Waals surface area contributed by atoms with Gasteiger partial charge in [0.1, 0.15) is 5.82 Å². The van der Waals surface area contributed by atoms with E-state index in [1.807, 2.05) is 30.5 Å². The summed E-state index contributed by atoms with van der Waals surface area (Å²) in [7, 11) is 0. The molecule has 1 aromatic carbocycles. The van der Waals surface area contributed by atoms with Gasteiger partial charge in [-0.3, -0.25) is 4.98 Å². The molecule has 3 rings (SSSR count). The lowest BCUT2D eigenvalue weighted by molar-refractivity contribution is 0.266. The highest BCUT2D eigenvalue weighted by Crippen LogP contribution is 2.35. The van der Waals surface area contributed by atoms with Crippen LogP contribution in [0.1, 0.15) is 17.3 Å². The number of aryl methyl sites for hydroxylation is 1. The van der Waals surface area contributed by atoms with Crippen molar-refractivity contribution in [3.05, 3.63) is 52.8 Å². The molecule has 3 aromatic rings. The van der Waals surface area contributed by atoms with Crippen LogP contribution in [-0.2, 0) is 0 Å². The average molecular weight is 302 g/mol. The molecule has 0 bridgehead atoms. The first kappa shape index (κ1) is 14.1. The second-order valence-corrected chi connectivity index (χ2v) is 5.89. The number of fused-ring (bicyclic) bond motifs is 1. The second-order valence-electron chi connectivity index (χ2n) is 5.01. The van der Waals surface area contributed by atoms with Crippen LogP contribution < -0.4 is 5.73 Å². The van der Waals surface area contributed by atoms with Crippen LogP contribution in [0.15, 0.2) is 35.7 Å². The molecule has 5 heteroatoms. The molecule has 0 saturated carbocycles. The van der Waals surface area contributed by atoms with E-state index in [9.17, 15) is 9.50 Å². The molecule has 21 heavy (non-hydrogen) atoms. The molecule has 108 valence electrons. The number of halogens is 1. The van der Waals surface area contributed by atoms with Crippen molar-refractivity contribution in [1.82, 2.24) is 4.98 Å². The molecular weight excluding hydrogens is 287 g/mol. The Hall–Kier alpha value is -1.82. The van der Waals surface area contributed by atoms with E-state index in [0.29, 0.717) is 10.4 Å². The molecule has 3 nitrogen and oxygen atoms in total. The summed E-state index contributed by atoms with van der Waals surface area (Å²) < 4.78 is 14.4. The van der Waals surface area contributed by atoms with E-state index < -0.39 is 6.04 Å². The lowest BCUT2D eigenvalue weighted by Crippen LogP contribution is -2.16. The van der Waals surface area contributed by atoms with Crippen molar-refractivity contribution >= 4 is 21.4 Å². The fourth-order valence-electron chi connectivity index (χ4n) is 2.34. The molecule has 3 N–H and O–H groups in total. The topological polar surface area (TPSA) is 59.1 Å². The number of pyridine rings is 1. The van der Waals surface area contributed by atoms with Gasteiger partial charge in [-0.05, 0) is 30.7 Å². The summed E-state index contributed by atoms with van der Waals surface area (Å²) >= 11 is 1.37. The van der Waals surface area contributed by atoms with Crippen molar-refractivity contribution in [3.63, 3.8) is 0 Å². The third-order valence-corrected chi connectivity index (χ3v) is 4.40. The molecule has 2 heterocycles. The molecule has 1 unspecified atom stereocenters. The highest BCUT2D eigenvalue weighted by atomic mass is 32.1. The quantitative estimate of drug-likeness (QED) is 0.779. The minimum absolute atomic E-state index is 0.158. The van der Waals surface area contributed by atoms with Gasteiger partial charge in [-0.25, -0.2) is 4.39 Å². The Balaban J connectivity index is 2.19. The number of thiophene rings is 1. The Morgan fingerprint density at radius 1 is 1.38 bits per heavy atom. The highest BCUT2D eigenvalue weighted by molar-refractivity contribution is 7.17. The van der Waals surface area contributed by atoms with E-state index in [4.69, 9.17) is 5.73 Å². The predicted molar refractivity (Wildman–Crippen MR) is 83.8 cm³/mol. The van der Waals surface area contributed by atoms with Crippen molar-refractivity contribution in [2.75, 3.05) is 6.61 Å². The van der Waals surface area contributed by atoms with Gasteiger partial charge in [-0.2, -0.15) is 0 Å². The molecule has 0 amide bonds. The Labute approximate surface area is 125 Å². The Kier molecular flexibility index (Phi) is 3.71. The zero-order valence-corrected chi connectivity index (χ0v) is 12.3. The van der Waals surface area contributed by atoms with Crippen LogP contribution in [-0.4, -0.2) is 16.7 Å². The zero-order valence-electron chi connectivity index (χ0n) is 11.5. The van der Waals surface area contributed by atoms with Crippen molar-refractivity contribution in [2.24, 2.45) is 5.73 Å². The standard InChI is InChI=1S/C16H15FN2OS/c1-9-5-14(19-15(6-9)13(18)7-20)11-8-21-16-10(11)3-2-4-12(16)17/h2-6,8,13,20H,7,18H2,1H3. The van der Waals surface area contributed by atoms with Gasteiger partial charge in [0.25, 0.3) is 0 Å². The van der Waals surface area contributed by atoms with Crippen molar-refractivity contribution < 1.29 is 9.50 Å². The molecule has 0 radical (unpaired) electrons. The van der Waals surface area contributed by atoms with E-state index in [1.54, 1.807) is 6.07 Å². The third-order valence-electron chi connectivity index (χ3n) is 3.39. The zero-order chi connectivity index (χ0) is 15.0. The molecule has 0 aliphatic carbocycles. The fraction of sp³-hybridized carbons (Fsp3) is 0.188. The number of hydrogen-bond acceptors (Lipinski definition) is 4. The third kappa shape index (κ3) is 2.55.